The normalized spacial score (nSPS) is 18.0. The van der Waals surface area contributed by atoms with Crippen molar-refractivity contribution in [1.82, 2.24) is 4.90 Å². The molecular weight excluding hydrogens is 112 g/mol. The Morgan fingerprint density at radius 1 is 1.78 bits per heavy atom. The van der Waals surface area contributed by atoms with Crippen molar-refractivity contribution in [2.45, 2.75) is 0 Å². The Kier molecular flexibility index (Phi) is 1.90. The fourth-order valence-corrected chi connectivity index (χ4v) is 0.870. The summed E-state index contributed by atoms with van der Waals surface area (Å²) in [6, 6.07) is 0. The molecule has 1 aliphatic heterocycles. The van der Waals surface area contributed by atoms with Gasteiger partial charge in [-0.25, -0.2) is 0 Å². The van der Waals surface area contributed by atoms with Gasteiger partial charge in [0, 0.05) is 26.3 Å². The number of hydrogen-bond donors (Lipinski definition) is 1. The highest BCUT2D eigenvalue weighted by atomic mass is 15.1. The molecule has 1 rings (SSSR count). The van der Waals surface area contributed by atoms with Crippen molar-refractivity contribution in [2.75, 3.05) is 20.1 Å². The molecule has 0 amide bonds. The molecule has 1 aliphatic rings. The van der Waals surface area contributed by atoms with Gasteiger partial charge >= 0.3 is 0 Å². The van der Waals surface area contributed by atoms with Gasteiger partial charge in [-0.3, -0.25) is 0 Å². The van der Waals surface area contributed by atoms with Crippen molar-refractivity contribution in [3.05, 3.63) is 23.9 Å². The maximum Gasteiger partial charge on any atom is 0.0354 e. The third kappa shape index (κ3) is 1.57. The summed E-state index contributed by atoms with van der Waals surface area (Å²) < 4.78 is 0. The largest absolute Gasteiger partial charge is 0.376 e. The third-order valence-electron chi connectivity index (χ3n) is 1.35. The Hall–Kier alpha value is -0.760. The summed E-state index contributed by atoms with van der Waals surface area (Å²) in [5, 5.41) is 0. The molecule has 2 heteroatoms. The van der Waals surface area contributed by atoms with Crippen molar-refractivity contribution in [2.24, 2.45) is 5.73 Å². The smallest absolute Gasteiger partial charge is 0.0354 e. The van der Waals surface area contributed by atoms with E-state index < -0.39 is 0 Å². The average Bonchev–Trinajstić information content (AvgIpc) is 1.88. The topological polar surface area (TPSA) is 29.3 Å². The summed E-state index contributed by atoms with van der Waals surface area (Å²) in [5.41, 5.74) is 6.62. The van der Waals surface area contributed by atoms with E-state index in [0.717, 1.165) is 6.54 Å². The molecule has 0 radical (unpaired) electrons. The number of rotatable bonds is 1. The number of nitrogens with zero attached hydrogens (tertiary/aromatic N) is 1. The van der Waals surface area contributed by atoms with Crippen molar-refractivity contribution >= 4 is 0 Å². The van der Waals surface area contributed by atoms with Crippen LogP contribution in [0.3, 0.4) is 0 Å². The van der Waals surface area contributed by atoms with Crippen molar-refractivity contribution < 1.29 is 0 Å². The van der Waals surface area contributed by atoms with Crippen LogP contribution in [0.5, 0.6) is 0 Å². The molecule has 9 heavy (non-hydrogen) atoms. The van der Waals surface area contributed by atoms with E-state index in [4.69, 9.17) is 5.73 Å². The summed E-state index contributed by atoms with van der Waals surface area (Å²) in [6.07, 6.45) is 6.25. The highest BCUT2D eigenvalue weighted by molar-refractivity contribution is 5.22. The predicted octanol–water partition coefficient (Wildman–Crippen LogP) is 0.331. The Bertz CT molecular complexity index is 147. The van der Waals surface area contributed by atoms with Gasteiger partial charge in [0.15, 0.2) is 0 Å². The van der Waals surface area contributed by atoms with Crippen LogP contribution in [0.1, 0.15) is 0 Å². The molecule has 1 heterocycles. The van der Waals surface area contributed by atoms with Crippen LogP contribution in [0.4, 0.5) is 0 Å². The second-order valence-corrected chi connectivity index (χ2v) is 2.25. The van der Waals surface area contributed by atoms with Gasteiger partial charge in [-0.05, 0) is 5.57 Å². The SMILES string of the molecule is CN1C=C(CN)C=CC1. The van der Waals surface area contributed by atoms with E-state index in [1.807, 2.05) is 7.05 Å². The lowest BCUT2D eigenvalue weighted by Crippen LogP contribution is -2.16. The molecule has 0 aliphatic carbocycles. The van der Waals surface area contributed by atoms with Crippen LogP contribution < -0.4 is 5.73 Å². The van der Waals surface area contributed by atoms with E-state index >= 15 is 0 Å². The van der Waals surface area contributed by atoms with E-state index in [0.29, 0.717) is 6.54 Å². The fourth-order valence-electron chi connectivity index (χ4n) is 0.870. The highest BCUT2D eigenvalue weighted by Crippen LogP contribution is 2.02. The van der Waals surface area contributed by atoms with E-state index in [1.165, 1.54) is 5.57 Å². The van der Waals surface area contributed by atoms with Crippen LogP contribution in [0.2, 0.25) is 0 Å². The molecule has 2 nitrogen and oxygen atoms in total. The van der Waals surface area contributed by atoms with Gasteiger partial charge in [-0.15, -0.1) is 0 Å². The first kappa shape index (κ1) is 6.36. The first-order chi connectivity index (χ1) is 4.33. The van der Waals surface area contributed by atoms with Crippen LogP contribution in [-0.4, -0.2) is 25.0 Å². The summed E-state index contributed by atoms with van der Waals surface area (Å²) in [5.74, 6) is 0. The average molecular weight is 124 g/mol. The zero-order valence-electron chi connectivity index (χ0n) is 5.67. The molecule has 50 valence electrons. The second kappa shape index (κ2) is 2.69. The molecule has 0 spiro atoms. The molecule has 0 saturated carbocycles. The quantitative estimate of drug-likeness (QED) is 0.546. The lowest BCUT2D eigenvalue weighted by molar-refractivity contribution is 0.499. The van der Waals surface area contributed by atoms with Crippen LogP contribution in [-0.2, 0) is 0 Å². The lowest BCUT2D eigenvalue weighted by atomic mass is 10.2. The van der Waals surface area contributed by atoms with Crippen molar-refractivity contribution in [1.29, 1.82) is 0 Å². The monoisotopic (exact) mass is 124 g/mol. The Labute approximate surface area is 55.6 Å². The molecule has 0 saturated heterocycles. The van der Waals surface area contributed by atoms with E-state index in [2.05, 4.69) is 23.3 Å². The summed E-state index contributed by atoms with van der Waals surface area (Å²) in [6.45, 7) is 1.64. The third-order valence-corrected chi connectivity index (χ3v) is 1.35. The second-order valence-electron chi connectivity index (χ2n) is 2.25. The highest BCUT2D eigenvalue weighted by Gasteiger charge is 1.96. The minimum absolute atomic E-state index is 0.640. The molecular formula is C7H12N2. The van der Waals surface area contributed by atoms with Gasteiger partial charge in [0.2, 0.25) is 0 Å². The molecule has 2 N–H and O–H groups in total. The Balaban J connectivity index is 2.59. The van der Waals surface area contributed by atoms with Gasteiger partial charge in [0.1, 0.15) is 0 Å². The van der Waals surface area contributed by atoms with Gasteiger partial charge in [0.25, 0.3) is 0 Å². The van der Waals surface area contributed by atoms with Crippen LogP contribution in [0.15, 0.2) is 23.9 Å². The van der Waals surface area contributed by atoms with Crippen LogP contribution >= 0.6 is 0 Å². The minimum atomic E-state index is 0.640. The number of nitrogens with two attached hydrogens (primary N) is 1. The first-order valence-corrected chi connectivity index (χ1v) is 3.10. The molecule has 0 bridgehead atoms. The molecule has 0 atom stereocenters. The zero-order chi connectivity index (χ0) is 6.69. The van der Waals surface area contributed by atoms with Gasteiger partial charge in [-0.2, -0.15) is 0 Å². The van der Waals surface area contributed by atoms with E-state index in [9.17, 15) is 0 Å². The molecule has 0 fully saturated rings. The van der Waals surface area contributed by atoms with Crippen LogP contribution in [0, 0.1) is 0 Å². The lowest BCUT2D eigenvalue weighted by Gasteiger charge is -2.16. The summed E-state index contributed by atoms with van der Waals surface area (Å²) in [7, 11) is 2.04. The number of likely N-dealkylation sites (N-methyl/N-ethyl adjacent to an activating group) is 1. The van der Waals surface area contributed by atoms with Crippen molar-refractivity contribution in [3.8, 4) is 0 Å². The molecule has 0 aromatic rings. The van der Waals surface area contributed by atoms with E-state index in [1.54, 1.807) is 0 Å². The molecule has 0 aromatic heterocycles. The van der Waals surface area contributed by atoms with Crippen LogP contribution in [0.25, 0.3) is 0 Å². The Morgan fingerprint density at radius 2 is 2.56 bits per heavy atom. The summed E-state index contributed by atoms with van der Waals surface area (Å²) >= 11 is 0. The Morgan fingerprint density at radius 3 is 3.00 bits per heavy atom. The predicted molar refractivity (Wildman–Crippen MR) is 38.9 cm³/mol. The van der Waals surface area contributed by atoms with Gasteiger partial charge in [-0.1, -0.05) is 12.2 Å². The van der Waals surface area contributed by atoms with Gasteiger partial charge in [0.05, 0.1) is 0 Å². The maximum absolute atomic E-state index is 5.42. The minimum Gasteiger partial charge on any atom is -0.376 e. The zero-order valence-corrected chi connectivity index (χ0v) is 5.67. The first-order valence-electron chi connectivity index (χ1n) is 3.10. The number of hydrogen-bond acceptors (Lipinski definition) is 2. The standard InChI is InChI=1S/C7H12N2/c1-9-4-2-3-7(5-8)6-9/h2-3,6H,4-5,8H2,1H3. The fraction of sp³-hybridized carbons (Fsp3) is 0.429. The molecule has 0 aromatic carbocycles. The van der Waals surface area contributed by atoms with E-state index in [-0.39, 0.29) is 0 Å². The van der Waals surface area contributed by atoms with Crippen molar-refractivity contribution in [3.63, 3.8) is 0 Å². The maximum atomic E-state index is 5.42. The summed E-state index contributed by atoms with van der Waals surface area (Å²) in [4.78, 5) is 2.11. The van der Waals surface area contributed by atoms with Gasteiger partial charge < -0.3 is 10.6 Å². The molecule has 0 unspecified atom stereocenters.